The number of benzene rings is 1. The zero-order chi connectivity index (χ0) is 23.2. The Bertz CT molecular complexity index is 1230. The van der Waals surface area contributed by atoms with Crippen molar-refractivity contribution in [2.75, 3.05) is 30.8 Å². The van der Waals surface area contributed by atoms with Crippen molar-refractivity contribution in [2.24, 2.45) is 11.7 Å². The number of nitrogens with two attached hydrogens (primary N) is 2. The lowest BCUT2D eigenvalue weighted by atomic mass is 9.96. The molecule has 4 rings (SSSR count). The highest BCUT2D eigenvalue weighted by Crippen LogP contribution is 2.35. The van der Waals surface area contributed by atoms with Gasteiger partial charge in [0.25, 0.3) is 5.91 Å². The fraction of sp³-hybridized carbons (Fsp3) is 0.364. The quantitative estimate of drug-likeness (QED) is 0.481. The Kier molecular flexibility index (Phi) is 5.37. The molecule has 168 valence electrons. The normalized spacial score (nSPS) is 14.7. The van der Waals surface area contributed by atoms with Crippen molar-refractivity contribution in [1.29, 1.82) is 0 Å². The third-order valence-electron chi connectivity index (χ3n) is 6.20. The third-order valence-corrected chi connectivity index (χ3v) is 6.20. The third kappa shape index (κ3) is 3.37. The van der Waals surface area contributed by atoms with Crippen LogP contribution in [0.25, 0.3) is 16.9 Å². The van der Waals surface area contributed by atoms with Crippen LogP contribution in [0.2, 0.25) is 0 Å². The van der Waals surface area contributed by atoms with Gasteiger partial charge in [0.15, 0.2) is 5.65 Å². The Morgan fingerprint density at radius 3 is 2.53 bits per heavy atom. The average molecular weight is 438 g/mol. The number of aromatic hydroxyl groups is 1. The van der Waals surface area contributed by atoms with Gasteiger partial charge in [0, 0.05) is 31.6 Å². The molecule has 1 fully saturated rings. The van der Waals surface area contributed by atoms with E-state index in [4.69, 9.17) is 16.5 Å². The Hall–Kier alpha value is -3.82. The summed E-state index contributed by atoms with van der Waals surface area (Å²) in [5.41, 5.74) is 14.9. The summed E-state index contributed by atoms with van der Waals surface area (Å²) in [6, 6.07) is 3.38. The minimum absolute atomic E-state index is 0.0254. The van der Waals surface area contributed by atoms with Gasteiger partial charge >= 0.3 is 0 Å². The van der Waals surface area contributed by atoms with Crippen LogP contribution in [0.1, 0.15) is 34.3 Å². The molecule has 0 saturated carbocycles. The van der Waals surface area contributed by atoms with Crippen molar-refractivity contribution in [3.63, 3.8) is 0 Å². The number of hydrogen-bond donors (Lipinski definition) is 4. The Balaban J connectivity index is 1.82. The smallest absolute Gasteiger partial charge is 0.254 e. The number of carbonyl (C=O) groups is 2. The number of fused-ring (bicyclic) bond motifs is 1. The van der Waals surface area contributed by atoms with Crippen LogP contribution in [-0.4, -0.2) is 51.6 Å². The lowest BCUT2D eigenvalue weighted by Crippen LogP contribution is -2.40. The largest absolute Gasteiger partial charge is 0.508 e. The Morgan fingerprint density at radius 2 is 1.91 bits per heavy atom. The molecule has 32 heavy (non-hydrogen) atoms. The minimum atomic E-state index is -0.702. The molecule has 0 spiro atoms. The molecule has 2 aromatic heterocycles. The van der Waals surface area contributed by atoms with Gasteiger partial charge in [-0.1, -0.05) is 6.07 Å². The van der Waals surface area contributed by atoms with Crippen LogP contribution in [0.5, 0.6) is 5.75 Å². The van der Waals surface area contributed by atoms with E-state index in [-0.39, 0.29) is 29.0 Å². The summed E-state index contributed by atoms with van der Waals surface area (Å²) < 4.78 is 1.62. The van der Waals surface area contributed by atoms with E-state index >= 15 is 0 Å². The number of piperidine rings is 1. The summed E-state index contributed by atoms with van der Waals surface area (Å²) in [5, 5.41) is 12.9. The molecule has 1 aliphatic heterocycles. The number of carbonyl (C=O) groups excluding carboxylic acids is 2. The van der Waals surface area contributed by atoms with Crippen LogP contribution in [0, 0.1) is 19.8 Å². The molecule has 3 aromatic rings. The van der Waals surface area contributed by atoms with Gasteiger partial charge in [-0.05, 0) is 38.3 Å². The van der Waals surface area contributed by atoms with Crippen LogP contribution in [0.3, 0.4) is 0 Å². The predicted molar refractivity (Wildman–Crippen MR) is 122 cm³/mol. The van der Waals surface area contributed by atoms with E-state index in [0.29, 0.717) is 54.2 Å². The SMILES string of the molecule is CNC(=O)C1CCN(c2cnc3c(n2)c(C(N)=O)c(N)n3-c2c(C)ccc(O)c2C)CC1. The Morgan fingerprint density at radius 1 is 1.22 bits per heavy atom. The van der Waals surface area contributed by atoms with E-state index in [9.17, 15) is 14.7 Å². The first kappa shape index (κ1) is 21.4. The van der Waals surface area contributed by atoms with Crippen LogP contribution in [0.15, 0.2) is 18.3 Å². The van der Waals surface area contributed by atoms with E-state index in [0.717, 1.165) is 5.56 Å². The van der Waals surface area contributed by atoms with E-state index < -0.39 is 5.91 Å². The van der Waals surface area contributed by atoms with Gasteiger partial charge in [0.1, 0.15) is 28.5 Å². The monoisotopic (exact) mass is 437 g/mol. The van der Waals surface area contributed by atoms with Crippen molar-refractivity contribution in [2.45, 2.75) is 26.7 Å². The number of phenols is 1. The highest BCUT2D eigenvalue weighted by molar-refractivity contribution is 6.09. The molecule has 1 aliphatic rings. The number of anilines is 2. The molecule has 1 aromatic carbocycles. The highest BCUT2D eigenvalue weighted by Gasteiger charge is 2.28. The van der Waals surface area contributed by atoms with E-state index in [1.807, 2.05) is 11.8 Å². The first-order chi connectivity index (χ1) is 15.2. The standard InChI is InChI=1S/C22H27N7O3/c1-11-4-5-14(30)12(2)18(11)29-19(23)16(20(24)31)17-21(29)26-10-15(27-17)28-8-6-13(7-9-28)22(32)25-3/h4-5,10,13,30H,6-9,23H2,1-3H3,(H2,24,31)(H,25,32). The molecule has 3 heterocycles. The van der Waals surface area contributed by atoms with Crippen molar-refractivity contribution >= 4 is 34.6 Å². The van der Waals surface area contributed by atoms with Gasteiger partial charge in [-0.3, -0.25) is 14.2 Å². The van der Waals surface area contributed by atoms with Crippen LogP contribution in [-0.2, 0) is 4.79 Å². The zero-order valence-electron chi connectivity index (χ0n) is 18.3. The molecule has 0 unspecified atom stereocenters. The van der Waals surface area contributed by atoms with Gasteiger partial charge < -0.3 is 26.8 Å². The number of nitrogens with zero attached hydrogens (tertiary/aromatic N) is 4. The highest BCUT2D eigenvalue weighted by atomic mass is 16.3. The lowest BCUT2D eigenvalue weighted by molar-refractivity contribution is -0.125. The number of hydrogen-bond acceptors (Lipinski definition) is 7. The Labute approximate surface area is 185 Å². The topological polar surface area (TPSA) is 152 Å². The second-order valence-corrected chi connectivity index (χ2v) is 8.11. The number of rotatable bonds is 4. The van der Waals surface area contributed by atoms with Crippen LogP contribution >= 0.6 is 0 Å². The predicted octanol–water partition coefficient (Wildman–Crippen LogP) is 1.39. The first-order valence-corrected chi connectivity index (χ1v) is 10.5. The number of primary amides is 1. The van der Waals surface area contributed by atoms with Crippen molar-refractivity contribution < 1.29 is 14.7 Å². The summed E-state index contributed by atoms with van der Waals surface area (Å²) in [7, 11) is 1.64. The molecular weight excluding hydrogens is 410 g/mol. The van der Waals surface area contributed by atoms with Gasteiger partial charge in [-0.15, -0.1) is 0 Å². The summed E-state index contributed by atoms with van der Waals surface area (Å²) in [5.74, 6) is 0.144. The molecule has 6 N–H and O–H groups in total. The number of aryl methyl sites for hydroxylation is 1. The number of nitrogens with one attached hydrogen (secondary N) is 1. The molecule has 0 radical (unpaired) electrons. The van der Waals surface area contributed by atoms with Crippen molar-refractivity contribution in [1.82, 2.24) is 19.9 Å². The maximum absolute atomic E-state index is 12.3. The molecule has 0 aliphatic carbocycles. The maximum Gasteiger partial charge on any atom is 0.254 e. The molecule has 10 heteroatoms. The number of nitrogen functional groups attached to an aromatic ring is 1. The maximum atomic E-state index is 12.3. The summed E-state index contributed by atoms with van der Waals surface area (Å²) >= 11 is 0. The van der Waals surface area contributed by atoms with Crippen LogP contribution < -0.4 is 21.7 Å². The lowest BCUT2D eigenvalue weighted by Gasteiger charge is -2.31. The molecule has 2 amide bonds. The molecule has 0 atom stereocenters. The molecule has 10 nitrogen and oxygen atoms in total. The second kappa shape index (κ2) is 8.03. The van der Waals surface area contributed by atoms with Gasteiger partial charge in [0.05, 0.1) is 11.9 Å². The van der Waals surface area contributed by atoms with Crippen molar-refractivity contribution in [3.8, 4) is 11.4 Å². The zero-order valence-corrected chi connectivity index (χ0v) is 18.3. The van der Waals surface area contributed by atoms with Crippen molar-refractivity contribution in [3.05, 3.63) is 35.0 Å². The number of amides is 2. The minimum Gasteiger partial charge on any atom is -0.508 e. The summed E-state index contributed by atoms with van der Waals surface area (Å²) in [4.78, 5) is 35.5. The van der Waals surface area contributed by atoms with Gasteiger partial charge in [-0.25, -0.2) is 9.97 Å². The van der Waals surface area contributed by atoms with E-state index in [1.54, 1.807) is 36.9 Å². The first-order valence-electron chi connectivity index (χ1n) is 10.5. The fourth-order valence-corrected chi connectivity index (χ4v) is 4.42. The fourth-order valence-electron chi connectivity index (χ4n) is 4.42. The molecule has 1 saturated heterocycles. The van der Waals surface area contributed by atoms with E-state index in [2.05, 4.69) is 10.3 Å². The summed E-state index contributed by atoms with van der Waals surface area (Å²) in [6.07, 6.45) is 3.04. The molecule has 0 bridgehead atoms. The average Bonchev–Trinajstić information content (AvgIpc) is 3.07. The number of aromatic nitrogens is 3. The van der Waals surface area contributed by atoms with Crippen LogP contribution in [0.4, 0.5) is 11.6 Å². The van der Waals surface area contributed by atoms with Gasteiger partial charge in [0.2, 0.25) is 5.91 Å². The van der Waals surface area contributed by atoms with Gasteiger partial charge in [-0.2, -0.15) is 0 Å². The molecular formula is C22H27N7O3. The number of phenolic OH excluding ortho intramolecular Hbond substituents is 1. The van der Waals surface area contributed by atoms with E-state index in [1.165, 1.54) is 0 Å². The second-order valence-electron chi connectivity index (χ2n) is 8.11. The summed E-state index contributed by atoms with van der Waals surface area (Å²) in [6.45, 7) is 4.94.